The first-order valence-corrected chi connectivity index (χ1v) is 7.57. The lowest BCUT2D eigenvalue weighted by Crippen LogP contribution is -1.94. The van der Waals surface area contributed by atoms with Crippen LogP contribution in [0.3, 0.4) is 0 Å². The summed E-state index contributed by atoms with van der Waals surface area (Å²) in [4.78, 5) is 9.04. The van der Waals surface area contributed by atoms with Gasteiger partial charge in [0.05, 0.1) is 15.9 Å². The third-order valence-corrected chi connectivity index (χ3v) is 4.17. The topological polar surface area (TPSA) is 25.8 Å². The third kappa shape index (κ3) is 2.61. The van der Waals surface area contributed by atoms with E-state index < -0.39 is 0 Å². The van der Waals surface area contributed by atoms with Crippen LogP contribution in [0.2, 0.25) is 10.2 Å². The zero-order chi connectivity index (χ0) is 15.0. The van der Waals surface area contributed by atoms with Crippen molar-refractivity contribution in [3.63, 3.8) is 0 Å². The largest absolute Gasteiger partial charge is 0.228 e. The minimum atomic E-state index is 0.392. The fraction of sp³-hybridized carbons (Fsp3) is 0.176. The fourth-order valence-corrected chi connectivity index (χ4v) is 2.87. The third-order valence-electron chi connectivity index (χ3n) is 3.58. The summed E-state index contributed by atoms with van der Waals surface area (Å²) in [6, 6.07) is 12.0. The number of aryl methyl sites for hydroxylation is 2. The number of rotatable bonds is 2. The molecule has 1 aromatic heterocycles. The molecule has 0 atom stereocenters. The van der Waals surface area contributed by atoms with Gasteiger partial charge in [-0.25, -0.2) is 9.97 Å². The van der Waals surface area contributed by atoms with E-state index >= 15 is 0 Å². The molecule has 0 spiro atoms. The average Bonchev–Trinajstić information content (AvgIpc) is 2.50. The molecule has 2 nitrogen and oxygen atoms in total. The highest BCUT2D eigenvalue weighted by Gasteiger charge is 2.12. The van der Waals surface area contributed by atoms with Gasteiger partial charge in [0.1, 0.15) is 5.15 Å². The quantitative estimate of drug-likeness (QED) is 0.585. The molecule has 21 heavy (non-hydrogen) atoms. The van der Waals surface area contributed by atoms with Crippen LogP contribution in [0.25, 0.3) is 22.3 Å². The molecule has 106 valence electrons. The molecule has 0 aliphatic rings. The fourth-order valence-electron chi connectivity index (χ4n) is 2.31. The van der Waals surface area contributed by atoms with Crippen LogP contribution < -0.4 is 0 Å². The predicted molar refractivity (Wildman–Crippen MR) is 89.1 cm³/mol. The minimum absolute atomic E-state index is 0.392. The number of aromatic nitrogens is 2. The van der Waals surface area contributed by atoms with Crippen LogP contribution in [-0.4, -0.2) is 9.97 Å². The van der Waals surface area contributed by atoms with Crippen LogP contribution in [0.15, 0.2) is 36.4 Å². The summed E-state index contributed by atoms with van der Waals surface area (Å²) in [5, 5.41) is 1.68. The van der Waals surface area contributed by atoms with Crippen LogP contribution in [0.1, 0.15) is 18.1 Å². The molecule has 3 rings (SSSR count). The lowest BCUT2D eigenvalue weighted by Gasteiger charge is -2.08. The first-order chi connectivity index (χ1) is 10.1. The highest BCUT2D eigenvalue weighted by molar-refractivity contribution is 6.41. The van der Waals surface area contributed by atoms with E-state index in [4.69, 9.17) is 23.2 Å². The van der Waals surface area contributed by atoms with Crippen molar-refractivity contribution in [2.24, 2.45) is 0 Å². The summed E-state index contributed by atoms with van der Waals surface area (Å²) in [5.74, 6) is 0.625. The Bertz CT molecular complexity index is 811. The number of hydrogen-bond donors (Lipinski definition) is 0. The molecule has 0 unspecified atom stereocenters. The van der Waals surface area contributed by atoms with Gasteiger partial charge in [0.15, 0.2) is 5.82 Å². The summed E-state index contributed by atoms with van der Waals surface area (Å²) in [7, 11) is 0. The second-order valence-electron chi connectivity index (χ2n) is 4.98. The molecule has 4 heteroatoms. The molecular formula is C17H14Cl2N2. The summed E-state index contributed by atoms with van der Waals surface area (Å²) < 4.78 is 0. The summed E-state index contributed by atoms with van der Waals surface area (Å²) in [6.45, 7) is 4.12. The maximum absolute atomic E-state index is 6.31. The van der Waals surface area contributed by atoms with Gasteiger partial charge in [0, 0.05) is 5.56 Å². The predicted octanol–water partition coefficient (Wildman–Crippen LogP) is 5.47. The summed E-state index contributed by atoms with van der Waals surface area (Å²) >= 11 is 12.5. The second-order valence-corrected chi connectivity index (χ2v) is 5.74. The molecule has 0 radical (unpaired) electrons. The normalized spacial score (nSPS) is 11.0. The van der Waals surface area contributed by atoms with Crippen LogP contribution in [0, 0.1) is 6.92 Å². The Morgan fingerprint density at radius 3 is 2.33 bits per heavy atom. The van der Waals surface area contributed by atoms with Gasteiger partial charge in [0.25, 0.3) is 0 Å². The molecule has 2 aromatic carbocycles. The molecule has 3 aromatic rings. The van der Waals surface area contributed by atoms with Crippen LogP contribution >= 0.6 is 23.2 Å². The molecule has 0 amide bonds. The van der Waals surface area contributed by atoms with Crippen LogP contribution in [-0.2, 0) is 6.42 Å². The molecule has 0 saturated heterocycles. The van der Waals surface area contributed by atoms with E-state index in [0.717, 1.165) is 23.1 Å². The van der Waals surface area contributed by atoms with Crippen LogP contribution in [0.5, 0.6) is 0 Å². The molecule has 0 N–H and O–H groups in total. The van der Waals surface area contributed by atoms with Gasteiger partial charge in [-0.3, -0.25) is 0 Å². The van der Waals surface area contributed by atoms with Gasteiger partial charge in [-0.2, -0.15) is 0 Å². The maximum Gasteiger partial charge on any atom is 0.161 e. The van der Waals surface area contributed by atoms with E-state index in [1.807, 2.05) is 31.2 Å². The van der Waals surface area contributed by atoms with Crippen molar-refractivity contribution in [2.45, 2.75) is 20.3 Å². The molecule has 1 heterocycles. The summed E-state index contributed by atoms with van der Waals surface area (Å²) in [6.07, 6.45) is 1.01. The zero-order valence-corrected chi connectivity index (χ0v) is 13.3. The van der Waals surface area contributed by atoms with E-state index in [1.165, 1.54) is 5.56 Å². The van der Waals surface area contributed by atoms with E-state index in [0.29, 0.717) is 21.4 Å². The van der Waals surface area contributed by atoms with Crippen molar-refractivity contribution in [1.82, 2.24) is 9.97 Å². The highest BCUT2D eigenvalue weighted by Crippen LogP contribution is 2.32. The van der Waals surface area contributed by atoms with Crippen molar-refractivity contribution in [3.05, 3.63) is 57.7 Å². The van der Waals surface area contributed by atoms with Gasteiger partial charge >= 0.3 is 0 Å². The number of fused-ring (bicyclic) bond motifs is 1. The Labute approximate surface area is 133 Å². The van der Waals surface area contributed by atoms with Crippen LogP contribution in [0.4, 0.5) is 0 Å². The standard InChI is InChI=1S/C17H14Cl2N2/c1-3-11-5-7-12(8-6-11)17-20-15-10(2)4-9-13(18)14(15)16(19)21-17/h4-9H,3H2,1-2H3. The Hall–Kier alpha value is -1.64. The molecule has 0 aliphatic carbocycles. The molecule has 0 saturated carbocycles. The van der Waals surface area contributed by atoms with Gasteiger partial charge in [-0.1, -0.05) is 60.5 Å². The molecular weight excluding hydrogens is 303 g/mol. The molecule has 0 aliphatic heterocycles. The Balaban J connectivity index is 2.22. The zero-order valence-electron chi connectivity index (χ0n) is 11.8. The SMILES string of the molecule is CCc1ccc(-c2nc(Cl)c3c(Cl)ccc(C)c3n2)cc1. The van der Waals surface area contributed by atoms with Crippen molar-refractivity contribution in [3.8, 4) is 11.4 Å². The summed E-state index contributed by atoms with van der Waals surface area (Å²) in [5.41, 5.74) is 4.07. The second kappa shape index (κ2) is 5.63. The first kappa shape index (κ1) is 14.3. The van der Waals surface area contributed by atoms with Crippen molar-refractivity contribution >= 4 is 34.1 Å². The Kier molecular flexibility index (Phi) is 3.83. The maximum atomic E-state index is 6.31. The lowest BCUT2D eigenvalue weighted by atomic mass is 10.1. The van der Waals surface area contributed by atoms with Gasteiger partial charge < -0.3 is 0 Å². The van der Waals surface area contributed by atoms with Gasteiger partial charge in [-0.05, 0) is 30.5 Å². The Morgan fingerprint density at radius 1 is 0.952 bits per heavy atom. The molecule has 0 fully saturated rings. The number of hydrogen-bond acceptors (Lipinski definition) is 2. The average molecular weight is 317 g/mol. The van der Waals surface area contributed by atoms with Crippen molar-refractivity contribution < 1.29 is 0 Å². The molecule has 0 bridgehead atoms. The number of halogens is 2. The van der Waals surface area contributed by atoms with Gasteiger partial charge in [-0.15, -0.1) is 0 Å². The van der Waals surface area contributed by atoms with Crippen molar-refractivity contribution in [1.29, 1.82) is 0 Å². The lowest BCUT2D eigenvalue weighted by molar-refractivity contribution is 1.14. The van der Waals surface area contributed by atoms with Crippen molar-refractivity contribution in [2.75, 3.05) is 0 Å². The smallest absolute Gasteiger partial charge is 0.161 e. The first-order valence-electron chi connectivity index (χ1n) is 6.82. The monoisotopic (exact) mass is 316 g/mol. The highest BCUT2D eigenvalue weighted by atomic mass is 35.5. The van der Waals surface area contributed by atoms with E-state index in [2.05, 4.69) is 29.0 Å². The Morgan fingerprint density at radius 2 is 1.67 bits per heavy atom. The number of nitrogens with zero attached hydrogens (tertiary/aromatic N) is 2. The number of benzene rings is 2. The minimum Gasteiger partial charge on any atom is -0.228 e. The van der Waals surface area contributed by atoms with Gasteiger partial charge in [0.2, 0.25) is 0 Å². The van der Waals surface area contributed by atoms with E-state index in [1.54, 1.807) is 0 Å². The van der Waals surface area contributed by atoms with E-state index in [-0.39, 0.29) is 0 Å². The van der Waals surface area contributed by atoms with E-state index in [9.17, 15) is 0 Å².